The normalized spacial score (nSPS) is 11.6. The summed E-state index contributed by atoms with van der Waals surface area (Å²) in [6.45, 7) is 7.80. The fraction of sp³-hybridized carbons (Fsp3) is 0.143. The molecule has 0 aliphatic rings. The molecule has 0 bridgehead atoms. The molecule has 0 amide bonds. The van der Waals surface area contributed by atoms with Crippen molar-refractivity contribution in [2.24, 2.45) is 0 Å². The minimum absolute atomic E-state index is 0.233. The number of benzene rings is 2. The Hall–Kier alpha value is -3.48. The maximum absolute atomic E-state index is 13.1. The molecule has 0 radical (unpaired) electrons. The lowest BCUT2D eigenvalue weighted by atomic mass is 9.95. The highest BCUT2D eigenvalue weighted by molar-refractivity contribution is 7.12. The third-order valence-corrected chi connectivity index (χ3v) is 7.16. The average molecular weight is 489 g/mol. The van der Waals surface area contributed by atoms with Gasteiger partial charge in [0.2, 0.25) is 0 Å². The number of carbonyl (C=O) groups is 2. The van der Waals surface area contributed by atoms with Crippen LogP contribution in [0.25, 0.3) is 11.5 Å². The number of thiophene rings is 2. The van der Waals surface area contributed by atoms with E-state index in [4.69, 9.17) is 9.47 Å². The molecule has 0 saturated carbocycles. The van der Waals surface area contributed by atoms with Gasteiger partial charge in [0.15, 0.2) is 11.5 Å². The first-order valence-electron chi connectivity index (χ1n) is 10.8. The zero-order valence-corrected chi connectivity index (χ0v) is 21.0. The second-order valence-corrected chi connectivity index (χ2v) is 9.82. The SMILES string of the molecule is Cc1cccc(C)c1C(OC(=O)c1cccs1)=C(OC(=O)c1cccs1)c1c(C)cccc1C. The first kappa shape index (κ1) is 23.7. The summed E-state index contributed by atoms with van der Waals surface area (Å²) in [6.07, 6.45) is 0. The summed E-state index contributed by atoms with van der Waals surface area (Å²) in [6, 6.07) is 18.7. The van der Waals surface area contributed by atoms with Crippen LogP contribution in [0, 0.1) is 27.7 Å². The van der Waals surface area contributed by atoms with Gasteiger partial charge in [-0.3, -0.25) is 0 Å². The zero-order chi connectivity index (χ0) is 24.2. The van der Waals surface area contributed by atoms with E-state index in [9.17, 15) is 9.59 Å². The number of carbonyl (C=O) groups excluding carboxylic acids is 2. The summed E-state index contributed by atoms with van der Waals surface area (Å²) >= 11 is 2.60. The third kappa shape index (κ3) is 4.88. The van der Waals surface area contributed by atoms with E-state index in [2.05, 4.69) is 0 Å². The lowest BCUT2D eigenvalue weighted by Gasteiger charge is -2.21. The number of aryl methyl sites for hydroxylation is 4. The van der Waals surface area contributed by atoms with Gasteiger partial charge < -0.3 is 9.47 Å². The van der Waals surface area contributed by atoms with E-state index in [1.165, 1.54) is 22.7 Å². The highest BCUT2D eigenvalue weighted by Gasteiger charge is 2.27. The van der Waals surface area contributed by atoms with Gasteiger partial charge in [0.1, 0.15) is 9.75 Å². The summed E-state index contributed by atoms with van der Waals surface area (Å²) in [7, 11) is 0. The Labute approximate surface area is 207 Å². The van der Waals surface area contributed by atoms with Gasteiger partial charge in [0.25, 0.3) is 0 Å². The maximum Gasteiger partial charge on any atom is 0.353 e. The van der Waals surface area contributed by atoms with Crippen molar-refractivity contribution in [2.45, 2.75) is 27.7 Å². The van der Waals surface area contributed by atoms with Crippen LogP contribution in [0.3, 0.4) is 0 Å². The van der Waals surface area contributed by atoms with Crippen molar-refractivity contribution >= 4 is 46.1 Å². The molecule has 4 nitrogen and oxygen atoms in total. The fourth-order valence-corrected chi connectivity index (χ4v) is 5.04. The molecule has 0 aliphatic carbocycles. The number of rotatable bonds is 6. The van der Waals surface area contributed by atoms with Crippen LogP contribution in [0.5, 0.6) is 0 Å². The third-order valence-electron chi connectivity index (χ3n) is 5.46. The predicted molar refractivity (Wildman–Crippen MR) is 138 cm³/mol. The summed E-state index contributed by atoms with van der Waals surface area (Å²) in [4.78, 5) is 27.2. The molecule has 0 aliphatic heterocycles. The molecule has 2 aromatic carbocycles. The van der Waals surface area contributed by atoms with Crippen LogP contribution in [0.4, 0.5) is 0 Å². The van der Waals surface area contributed by atoms with Crippen molar-refractivity contribution in [1.82, 2.24) is 0 Å². The molecular formula is C28H24O4S2. The summed E-state index contributed by atoms with van der Waals surface area (Å²) in [5.41, 5.74) is 5.08. The smallest absolute Gasteiger partial charge is 0.353 e. The van der Waals surface area contributed by atoms with Crippen molar-refractivity contribution in [3.05, 3.63) is 115 Å². The lowest BCUT2D eigenvalue weighted by Crippen LogP contribution is -2.12. The van der Waals surface area contributed by atoms with Crippen molar-refractivity contribution in [3.63, 3.8) is 0 Å². The van der Waals surface area contributed by atoms with Crippen LogP contribution in [0.15, 0.2) is 71.4 Å². The predicted octanol–water partition coefficient (Wildman–Crippen LogP) is 7.58. The van der Waals surface area contributed by atoms with E-state index in [1.807, 2.05) is 74.9 Å². The van der Waals surface area contributed by atoms with Gasteiger partial charge in [-0.2, -0.15) is 0 Å². The Morgan fingerprint density at radius 3 is 1.21 bits per heavy atom. The van der Waals surface area contributed by atoms with Crippen molar-refractivity contribution < 1.29 is 19.1 Å². The van der Waals surface area contributed by atoms with Crippen LogP contribution in [-0.2, 0) is 9.47 Å². The molecule has 172 valence electrons. The van der Waals surface area contributed by atoms with Gasteiger partial charge >= 0.3 is 11.9 Å². The molecule has 0 saturated heterocycles. The molecule has 4 aromatic rings. The summed E-state index contributed by atoms with van der Waals surface area (Å²) in [5.74, 6) is -0.528. The fourth-order valence-electron chi connectivity index (χ4n) is 3.84. The monoisotopic (exact) mass is 488 g/mol. The van der Waals surface area contributed by atoms with Crippen LogP contribution in [-0.4, -0.2) is 11.9 Å². The van der Waals surface area contributed by atoms with Crippen LogP contribution < -0.4 is 0 Å². The van der Waals surface area contributed by atoms with Gasteiger partial charge in [-0.1, -0.05) is 48.5 Å². The number of hydrogen-bond acceptors (Lipinski definition) is 6. The molecule has 2 heterocycles. The van der Waals surface area contributed by atoms with Crippen molar-refractivity contribution in [3.8, 4) is 0 Å². The molecule has 0 N–H and O–H groups in total. The van der Waals surface area contributed by atoms with Gasteiger partial charge in [0.05, 0.1) is 0 Å². The van der Waals surface area contributed by atoms with E-state index in [1.54, 1.807) is 24.3 Å². The number of ether oxygens (including phenoxy) is 2. The standard InChI is InChI=1S/C28H24O4S2/c1-17-9-5-10-18(2)23(17)25(31-27(29)21-13-7-15-33-21)26(24-19(3)11-6-12-20(24)4)32-28(30)22-14-8-16-34-22/h5-16H,1-4H3. The highest BCUT2D eigenvalue weighted by atomic mass is 32.1. The van der Waals surface area contributed by atoms with Crippen molar-refractivity contribution in [2.75, 3.05) is 0 Å². The minimum atomic E-state index is -0.497. The maximum atomic E-state index is 13.1. The number of hydrogen-bond donors (Lipinski definition) is 0. The highest BCUT2D eigenvalue weighted by Crippen LogP contribution is 2.37. The summed E-state index contributed by atoms with van der Waals surface area (Å²) in [5, 5.41) is 3.64. The Balaban J connectivity index is 1.99. The second kappa shape index (κ2) is 10.2. The molecular weight excluding hydrogens is 464 g/mol. The second-order valence-electron chi connectivity index (χ2n) is 7.93. The van der Waals surface area contributed by atoms with Gasteiger partial charge in [-0.15, -0.1) is 22.7 Å². The summed E-state index contributed by atoms with van der Waals surface area (Å²) < 4.78 is 12.1. The van der Waals surface area contributed by atoms with E-state index in [0.29, 0.717) is 9.75 Å². The molecule has 0 atom stereocenters. The Morgan fingerprint density at radius 1 is 0.559 bits per heavy atom. The Kier molecular flexibility index (Phi) is 7.10. The van der Waals surface area contributed by atoms with E-state index in [-0.39, 0.29) is 11.5 Å². The first-order chi connectivity index (χ1) is 16.4. The van der Waals surface area contributed by atoms with E-state index >= 15 is 0 Å². The molecule has 2 aromatic heterocycles. The molecule has 6 heteroatoms. The lowest BCUT2D eigenvalue weighted by molar-refractivity contribution is 0.0651. The Bertz CT molecular complexity index is 1220. The molecule has 0 spiro atoms. The minimum Gasteiger partial charge on any atom is -0.418 e. The van der Waals surface area contributed by atoms with Crippen LogP contribution >= 0.6 is 22.7 Å². The Morgan fingerprint density at radius 2 is 0.912 bits per heavy atom. The zero-order valence-electron chi connectivity index (χ0n) is 19.4. The number of esters is 2. The van der Waals surface area contributed by atoms with Gasteiger partial charge in [0, 0.05) is 11.1 Å². The largest absolute Gasteiger partial charge is 0.418 e. The van der Waals surface area contributed by atoms with Gasteiger partial charge in [-0.25, -0.2) is 9.59 Å². The van der Waals surface area contributed by atoms with Crippen LogP contribution in [0.2, 0.25) is 0 Å². The topological polar surface area (TPSA) is 52.6 Å². The van der Waals surface area contributed by atoms with Gasteiger partial charge in [-0.05, 0) is 72.8 Å². The molecule has 0 fully saturated rings. The molecule has 0 unspecified atom stereocenters. The van der Waals surface area contributed by atoms with E-state index < -0.39 is 11.9 Å². The van der Waals surface area contributed by atoms with E-state index in [0.717, 1.165) is 33.4 Å². The quantitative estimate of drug-likeness (QED) is 0.159. The van der Waals surface area contributed by atoms with Crippen molar-refractivity contribution in [1.29, 1.82) is 0 Å². The van der Waals surface area contributed by atoms with Crippen LogP contribution in [0.1, 0.15) is 52.7 Å². The molecule has 34 heavy (non-hydrogen) atoms. The molecule has 4 rings (SSSR count). The average Bonchev–Trinajstić information content (AvgIpc) is 3.52. The first-order valence-corrected chi connectivity index (χ1v) is 12.5.